The molecule has 1 aromatic rings. The van der Waals surface area contributed by atoms with Gasteiger partial charge in [0.1, 0.15) is 6.26 Å². The second kappa shape index (κ2) is 3.71. The van der Waals surface area contributed by atoms with Crippen molar-refractivity contribution in [2.24, 2.45) is 0 Å². The molecule has 0 aromatic carbocycles. The molecular formula is C8H10N2O2. The normalized spacial score (nSPS) is 9.42. The summed E-state index contributed by atoms with van der Waals surface area (Å²) in [6.07, 6.45) is 3.04. The van der Waals surface area contributed by atoms with E-state index in [1.807, 2.05) is 0 Å². The van der Waals surface area contributed by atoms with Crippen LogP contribution in [0.2, 0.25) is 0 Å². The Morgan fingerprint density at radius 3 is 3.08 bits per heavy atom. The zero-order chi connectivity index (χ0) is 8.97. The van der Waals surface area contributed by atoms with Gasteiger partial charge in [-0.05, 0) is 6.92 Å². The van der Waals surface area contributed by atoms with E-state index in [1.54, 1.807) is 13.1 Å². The van der Waals surface area contributed by atoms with E-state index in [1.165, 1.54) is 6.26 Å². The summed E-state index contributed by atoms with van der Waals surface area (Å²) in [5, 5.41) is 6.14. The van der Waals surface area contributed by atoms with E-state index in [-0.39, 0.29) is 5.91 Å². The molecule has 1 amide bonds. The molecule has 0 unspecified atom stereocenters. The number of hydrogen-bond acceptors (Lipinski definition) is 3. The highest BCUT2D eigenvalue weighted by Gasteiger charge is 2.01. The lowest BCUT2D eigenvalue weighted by Gasteiger charge is -2.00. The second-order valence-electron chi connectivity index (χ2n) is 2.50. The van der Waals surface area contributed by atoms with Gasteiger partial charge in [0, 0.05) is 17.7 Å². The quantitative estimate of drug-likeness (QED) is 0.678. The van der Waals surface area contributed by atoms with Crippen LogP contribution >= 0.6 is 0 Å². The summed E-state index contributed by atoms with van der Waals surface area (Å²) in [5.41, 5.74) is 1.33. The van der Waals surface area contributed by atoms with Gasteiger partial charge in [0.05, 0.1) is 6.20 Å². The molecule has 0 saturated carbocycles. The standard InChI is InChI=1S/C8H10N2O2/c1-6(2)8(11)9-3-7-4-10-12-5-7/h4-5H,1,3H2,2H3,(H,9,11). The lowest BCUT2D eigenvalue weighted by atomic mass is 10.3. The van der Waals surface area contributed by atoms with Crippen LogP contribution in [0.1, 0.15) is 12.5 Å². The Bertz CT molecular complexity index is 277. The first kappa shape index (κ1) is 8.52. The van der Waals surface area contributed by atoms with E-state index in [0.717, 1.165) is 5.56 Å². The average molecular weight is 166 g/mol. The molecule has 0 aliphatic rings. The van der Waals surface area contributed by atoms with E-state index in [9.17, 15) is 4.79 Å². The van der Waals surface area contributed by atoms with E-state index >= 15 is 0 Å². The van der Waals surface area contributed by atoms with Crippen molar-refractivity contribution in [3.8, 4) is 0 Å². The number of aromatic nitrogens is 1. The van der Waals surface area contributed by atoms with Crippen LogP contribution in [0.25, 0.3) is 0 Å². The van der Waals surface area contributed by atoms with E-state index in [2.05, 4.69) is 21.6 Å². The monoisotopic (exact) mass is 166 g/mol. The van der Waals surface area contributed by atoms with E-state index in [4.69, 9.17) is 0 Å². The molecular weight excluding hydrogens is 156 g/mol. The minimum absolute atomic E-state index is 0.156. The van der Waals surface area contributed by atoms with Crippen LogP contribution in [-0.4, -0.2) is 11.1 Å². The van der Waals surface area contributed by atoms with Crippen LogP contribution < -0.4 is 5.32 Å². The van der Waals surface area contributed by atoms with Crippen molar-refractivity contribution in [2.75, 3.05) is 0 Å². The molecule has 4 heteroatoms. The van der Waals surface area contributed by atoms with Gasteiger partial charge in [-0.25, -0.2) is 0 Å². The summed E-state index contributed by atoms with van der Waals surface area (Å²) in [6, 6.07) is 0. The van der Waals surface area contributed by atoms with Crippen molar-refractivity contribution in [2.45, 2.75) is 13.5 Å². The molecule has 0 fully saturated rings. The summed E-state index contributed by atoms with van der Waals surface area (Å²) < 4.78 is 4.58. The summed E-state index contributed by atoms with van der Waals surface area (Å²) in [5.74, 6) is -0.156. The van der Waals surface area contributed by atoms with E-state index in [0.29, 0.717) is 12.1 Å². The van der Waals surface area contributed by atoms with Gasteiger partial charge in [0.25, 0.3) is 0 Å². The third-order valence-corrected chi connectivity index (χ3v) is 1.32. The van der Waals surface area contributed by atoms with Gasteiger partial charge in [-0.3, -0.25) is 4.79 Å². The van der Waals surface area contributed by atoms with Crippen molar-refractivity contribution >= 4 is 5.91 Å². The molecule has 1 aromatic heterocycles. The van der Waals surface area contributed by atoms with Crippen molar-refractivity contribution in [3.63, 3.8) is 0 Å². The van der Waals surface area contributed by atoms with Crippen molar-refractivity contribution in [1.82, 2.24) is 10.5 Å². The van der Waals surface area contributed by atoms with Crippen LogP contribution in [0, 0.1) is 0 Å². The Labute approximate surface area is 70.2 Å². The number of carbonyl (C=O) groups excluding carboxylic acids is 1. The van der Waals surface area contributed by atoms with Crippen LogP contribution in [0.5, 0.6) is 0 Å². The van der Waals surface area contributed by atoms with Gasteiger partial charge in [0.15, 0.2) is 0 Å². The first-order valence-electron chi connectivity index (χ1n) is 3.52. The van der Waals surface area contributed by atoms with Crippen LogP contribution in [0.4, 0.5) is 0 Å². The fraction of sp³-hybridized carbons (Fsp3) is 0.250. The Hall–Kier alpha value is -1.58. The molecule has 12 heavy (non-hydrogen) atoms. The Balaban J connectivity index is 2.37. The molecule has 0 aliphatic carbocycles. The van der Waals surface area contributed by atoms with Gasteiger partial charge in [-0.1, -0.05) is 11.7 Å². The third-order valence-electron chi connectivity index (χ3n) is 1.32. The van der Waals surface area contributed by atoms with Crippen LogP contribution in [-0.2, 0) is 11.3 Å². The topological polar surface area (TPSA) is 55.1 Å². The minimum atomic E-state index is -0.156. The molecule has 0 aliphatic heterocycles. The minimum Gasteiger partial charge on any atom is -0.364 e. The molecule has 0 spiro atoms. The predicted octanol–water partition coefficient (Wildman–Crippen LogP) is 0.867. The Morgan fingerprint density at radius 2 is 2.58 bits per heavy atom. The van der Waals surface area contributed by atoms with E-state index < -0.39 is 0 Å². The van der Waals surface area contributed by atoms with Crippen molar-refractivity contribution < 1.29 is 9.32 Å². The third kappa shape index (κ3) is 2.23. The SMILES string of the molecule is C=C(C)C(=O)NCc1cnoc1. The van der Waals surface area contributed by atoms with Gasteiger partial charge in [-0.15, -0.1) is 0 Å². The maximum atomic E-state index is 11.0. The zero-order valence-corrected chi connectivity index (χ0v) is 6.83. The maximum absolute atomic E-state index is 11.0. The number of nitrogens with one attached hydrogen (secondary N) is 1. The molecule has 4 nitrogen and oxygen atoms in total. The first-order chi connectivity index (χ1) is 5.70. The van der Waals surface area contributed by atoms with Gasteiger partial charge in [0.2, 0.25) is 5.91 Å². The van der Waals surface area contributed by atoms with Gasteiger partial charge >= 0.3 is 0 Å². The number of carbonyl (C=O) groups is 1. The summed E-state index contributed by atoms with van der Waals surface area (Å²) in [4.78, 5) is 11.0. The molecule has 0 atom stereocenters. The second-order valence-corrected chi connectivity index (χ2v) is 2.50. The van der Waals surface area contributed by atoms with Crippen molar-refractivity contribution in [3.05, 3.63) is 30.2 Å². The highest BCUT2D eigenvalue weighted by Crippen LogP contribution is 1.95. The predicted molar refractivity (Wildman–Crippen MR) is 43.2 cm³/mol. The summed E-state index contributed by atoms with van der Waals surface area (Å²) in [7, 11) is 0. The number of rotatable bonds is 3. The van der Waals surface area contributed by atoms with Gasteiger partial charge < -0.3 is 9.84 Å². The number of nitrogens with zero attached hydrogens (tertiary/aromatic N) is 1. The molecule has 0 bridgehead atoms. The molecule has 0 radical (unpaired) electrons. The Kier molecular flexibility index (Phi) is 2.63. The lowest BCUT2D eigenvalue weighted by Crippen LogP contribution is -2.22. The largest absolute Gasteiger partial charge is 0.364 e. The molecule has 64 valence electrons. The highest BCUT2D eigenvalue weighted by atomic mass is 16.5. The molecule has 1 rings (SSSR count). The molecule has 1 N–H and O–H groups in total. The first-order valence-corrected chi connectivity index (χ1v) is 3.52. The van der Waals surface area contributed by atoms with Crippen molar-refractivity contribution in [1.29, 1.82) is 0 Å². The van der Waals surface area contributed by atoms with Crippen LogP contribution in [0.15, 0.2) is 29.1 Å². The summed E-state index contributed by atoms with van der Waals surface area (Å²) >= 11 is 0. The average Bonchev–Trinajstić information content (AvgIpc) is 2.51. The molecule has 0 saturated heterocycles. The zero-order valence-electron chi connectivity index (χ0n) is 6.83. The lowest BCUT2D eigenvalue weighted by molar-refractivity contribution is -0.117. The maximum Gasteiger partial charge on any atom is 0.246 e. The smallest absolute Gasteiger partial charge is 0.246 e. The van der Waals surface area contributed by atoms with Crippen LogP contribution in [0.3, 0.4) is 0 Å². The Morgan fingerprint density at radius 1 is 1.83 bits per heavy atom. The fourth-order valence-electron chi connectivity index (χ4n) is 0.647. The number of amides is 1. The summed E-state index contributed by atoms with van der Waals surface area (Å²) in [6.45, 7) is 5.59. The van der Waals surface area contributed by atoms with Gasteiger partial charge in [-0.2, -0.15) is 0 Å². The fourth-order valence-corrected chi connectivity index (χ4v) is 0.647. The number of hydrogen-bond donors (Lipinski definition) is 1. The highest BCUT2D eigenvalue weighted by molar-refractivity contribution is 5.91. The molecule has 1 heterocycles.